The van der Waals surface area contributed by atoms with Crippen LogP contribution in [0.3, 0.4) is 0 Å². The third-order valence-electron chi connectivity index (χ3n) is 7.14. The Labute approximate surface area is 260 Å². The first-order valence-electron chi connectivity index (χ1n) is 14.8. The number of carbonyl (C=O) groups excluding carboxylic acids is 2. The molecule has 1 fully saturated rings. The summed E-state index contributed by atoms with van der Waals surface area (Å²) in [6.45, 7) is 6.13. The van der Waals surface area contributed by atoms with Crippen molar-refractivity contribution in [2.45, 2.75) is 58.0 Å². The largest absolute Gasteiger partial charge is 0.444 e. The number of rotatable bonds is 10. The average Bonchev–Trinajstić information content (AvgIpc) is 3.69. The topological polar surface area (TPSA) is 97.3 Å². The van der Waals surface area contributed by atoms with Gasteiger partial charge in [-0.3, -0.25) is 4.79 Å². The number of hydrogen-bond donors (Lipinski definition) is 3. The predicted octanol–water partition coefficient (Wildman–Crippen LogP) is 7.26. The minimum absolute atomic E-state index is 0.0574. The fourth-order valence-electron chi connectivity index (χ4n) is 4.84. The van der Waals surface area contributed by atoms with Crippen molar-refractivity contribution in [2.75, 3.05) is 11.9 Å². The molecule has 2 amide bonds. The lowest BCUT2D eigenvalue weighted by Gasteiger charge is -2.21. The van der Waals surface area contributed by atoms with Crippen molar-refractivity contribution in [3.05, 3.63) is 113 Å². The quantitative estimate of drug-likeness (QED) is 0.174. The summed E-state index contributed by atoms with van der Waals surface area (Å²) < 4.78 is 47.5. The summed E-state index contributed by atoms with van der Waals surface area (Å²) in [6, 6.07) is 24.2. The smallest absolute Gasteiger partial charge is 0.435 e. The van der Waals surface area contributed by atoms with Gasteiger partial charge in [0, 0.05) is 18.3 Å². The van der Waals surface area contributed by atoms with Gasteiger partial charge in [0.05, 0.1) is 11.7 Å². The molecule has 3 N–H and O–H groups in total. The fourth-order valence-corrected chi connectivity index (χ4v) is 4.84. The fraction of sp³-hybridized carbons (Fsp3) is 0.324. The predicted molar refractivity (Wildman–Crippen MR) is 165 cm³/mol. The maximum Gasteiger partial charge on any atom is 0.435 e. The lowest BCUT2D eigenvalue weighted by atomic mass is 9.98. The maximum atomic E-state index is 13.8. The van der Waals surface area contributed by atoms with Gasteiger partial charge in [-0.25, -0.2) is 9.48 Å². The molecule has 1 heterocycles. The van der Waals surface area contributed by atoms with Gasteiger partial charge >= 0.3 is 12.3 Å². The number of alkyl carbamates (subject to hydrolysis) is 1. The van der Waals surface area contributed by atoms with Crippen molar-refractivity contribution in [2.24, 2.45) is 5.92 Å². The van der Waals surface area contributed by atoms with Crippen LogP contribution in [0, 0.1) is 5.92 Å². The van der Waals surface area contributed by atoms with E-state index in [1.807, 2.05) is 42.5 Å². The Balaban J connectivity index is 1.39. The zero-order chi connectivity index (χ0) is 32.2. The Kier molecular flexibility index (Phi) is 9.29. The molecule has 1 unspecified atom stereocenters. The van der Waals surface area contributed by atoms with Crippen LogP contribution in [0.15, 0.2) is 84.9 Å². The SMILES string of the molecule is CC(C)(C)OC(=O)NCc1cccc(-n2nc(C(F)(F)F)cc2C(=O)Nc2cccc(C(NCC3CC3)c3ccccc3)c2)c1. The van der Waals surface area contributed by atoms with E-state index >= 15 is 0 Å². The molecule has 0 radical (unpaired) electrons. The third-order valence-corrected chi connectivity index (χ3v) is 7.14. The molecule has 0 saturated heterocycles. The highest BCUT2D eigenvalue weighted by Crippen LogP contribution is 2.32. The number of alkyl halides is 3. The molecule has 0 spiro atoms. The number of halogens is 3. The summed E-state index contributed by atoms with van der Waals surface area (Å²) in [6.07, 6.45) is -3.01. The maximum absolute atomic E-state index is 13.8. The number of amides is 2. The van der Waals surface area contributed by atoms with E-state index in [0.717, 1.165) is 28.4 Å². The molecule has 0 bridgehead atoms. The van der Waals surface area contributed by atoms with E-state index in [1.54, 1.807) is 51.1 Å². The Bertz CT molecular complexity index is 1640. The van der Waals surface area contributed by atoms with Crippen LogP contribution in [0.2, 0.25) is 0 Å². The lowest BCUT2D eigenvalue weighted by Crippen LogP contribution is -2.32. The molecular weight excluding hydrogens is 583 g/mol. The summed E-state index contributed by atoms with van der Waals surface area (Å²) in [5.41, 5.74) is 1.02. The Morgan fingerprint density at radius 2 is 1.64 bits per heavy atom. The van der Waals surface area contributed by atoms with Gasteiger partial charge in [0.25, 0.3) is 5.91 Å². The number of carbonyl (C=O) groups is 2. The summed E-state index contributed by atoms with van der Waals surface area (Å²) >= 11 is 0. The number of hydrogen-bond acceptors (Lipinski definition) is 5. The first-order valence-corrected chi connectivity index (χ1v) is 14.8. The van der Waals surface area contributed by atoms with Gasteiger partial charge < -0.3 is 20.7 Å². The van der Waals surface area contributed by atoms with Crippen LogP contribution < -0.4 is 16.0 Å². The molecule has 0 aliphatic heterocycles. The highest BCUT2D eigenvalue weighted by Gasteiger charge is 2.36. The molecule has 4 aromatic rings. The molecular formula is C34H36F3N5O3. The zero-order valence-electron chi connectivity index (χ0n) is 25.3. The number of ether oxygens (including phenoxy) is 1. The van der Waals surface area contributed by atoms with E-state index in [-0.39, 0.29) is 24.0 Å². The molecule has 1 atom stereocenters. The highest BCUT2D eigenvalue weighted by molar-refractivity contribution is 6.03. The van der Waals surface area contributed by atoms with Crippen LogP contribution in [0.25, 0.3) is 5.69 Å². The Morgan fingerprint density at radius 3 is 2.33 bits per heavy atom. The normalized spacial score (nSPS) is 14.1. The molecule has 1 saturated carbocycles. The second kappa shape index (κ2) is 13.2. The van der Waals surface area contributed by atoms with Gasteiger partial charge in [-0.2, -0.15) is 18.3 Å². The standard InChI is InChI=1S/C34H36F3N5O3/c1-33(2,3)45-32(44)39-21-23-9-7-14-27(17-23)42-28(19-29(41-42)34(35,36)37)31(43)40-26-13-8-12-25(18-26)30(38-20-22-15-16-22)24-10-5-4-6-11-24/h4-14,17-19,22,30,38H,15-16,20-21H2,1-3H3,(H,39,44)(H,40,43). The number of nitrogens with zero attached hydrogens (tertiary/aromatic N) is 2. The highest BCUT2D eigenvalue weighted by atomic mass is 19.4. The van der Waals surface area contributed by atoms with Gasteiger partial charge in [-0.05, 0) is 87.0 Å². The summed E-state index contributed by atoms with van der Waals surface area (Å²) in [5, 5.41) is 12.8. The van der Waals surface area contributed by atoms with Gasteiger partial charge in [0.2, 0.25) is 0 Å². The molecule has 11 heteroatoms. The van der Waals surface area contributed by atoms with E-state index in [0.29, 0.717) is 17.2 Å². The van der Waals surface area contributed by atoms with Gasteiger partial charge in [0.15, 0.2) is 5.69 Å². The van der Waals surface area contributed by atoms with Crippen LogP contribution >= 0.6 is 0 Å². The number of anilines is 1. The van der Waals surface area contributed by atoms with Gasteiger partial charge in [-0.1, -0.05) is 54.6 Å². The molecule has 1 aromatic heterocycles. The molecule has 45 heavy (non-hydrogen) atoms. The van der Waals surface area contributed by atoms with Crippen molar-refractivity contribution in [1.29, 1.82) is 0 Å². The van der Waals surface area contributed by atoms with Crippen LogP contribution in [0.1, 0.15) is 72.5 Å². The Morgan fingerprint density at radius 1 is 0.933 bits per heavy atom. The molecule has 8 nitrogen and oxygen atoms in total. The van der Waals surface area contributed by atoms with Crippen molar-refractivity contribution in [3.63, 3.8) is 0 Å². The van der Waals surface area contributed by atoms with E-state index in [2.05, 4.69) is 21.0 Å². The molecule has 236 valence electrons. The van der Waals surface area contributed by atoms with E-state index in [4.69, 9.17) is 4.74 Å². The van der Waals surface area contributed by atoms with Crippen molar-refractivity contribution in [1.82, 2.24) is 20.4 Å². The van der Waals surface area contributed by atoms with E-state index < -0.39 is 29.5 Å². The van der Waals surface area contributed by atoms with E-state index in [1.165, 1.54) is 18.9 Å². The minimum Gasteiger partial charge on any atom is -0.444 e. The minimum atomic E-state index is -4.77. The number of benzene rings is 3. The second-order valence-corrected chi connectivity index (χ2v) is 12.1. The molecule has 5 rings (SSSR count). The van der Waals surface area contributed by atoms with Crippen LogP contribution in [0.5, 0.6) is 0 Å². The van der Waals surface area contributed by atoms with Crippen molar-refractivity contribution in [3.8, 4) is 5.69 Å². The first-order chi connectivity index (χ1) is 21.4. The average molecular weight is 620 g/mol. The van der Waals surface area contributed by atoms with Crippen LogP contribution in [0.4, 0.5) is 23.7 Å². The second-order valence-electron chi connectivity index (χ2n) is 12.1. The van der Waals surface area contributed by atoms with Crippen molar-refractivity contribution < 1.29 is 27.5 Å². The number of nitrogens with one attached hydrogen (secondary N) is 3. The monoisotopic (exact) mass is 619 g/mol. The number of aromatic nitrogens is 2. The summed E-state index contributed by atoms with van der Waals surface area (Å²) in [4.78, 5) is 25.6. The van der Waals surface area contributed by atoms with Gasteiger partial charge in [-0.15, -0.1) is 0 Å². The molecule has 1 aliphatic carbocycles. The molecule has 3 aromatic carbocycles. The van der Waals surface area contributed by atoms with Crippen LogP contribution in [-0.2, 0) is 17.5 Å². The van der Waals surface area contributed by atoms with E-state index in [9.17, 15) is 22.8 Å². The first kappa shape index (κ1) is 31.8. The Hall–Kier alpha value is -4.64. The van der Waals surface area contributed by atoms with Crippen LogP contribution in [-0.4, -0.2) is 33.9 Å². The third kappa shape index (κ3) is 8.72. The summed E-state index contributed by atoms with van der Waals surface area (Å²) in [7, 11) is 0. The lowest BCUT2D eigenvalue weighted by molar-refractivity contribution is -0.141. The van der Waals surface area contributed by atoms with Gasteiger partial charge in [0.1, 0.15) is 11.3 Å². The zero-order valence-corrected chi connectivity index (χ0v) is 25.3. The summed E-state index contributed by atoms with van der Waals surface area (Å²) in [5.74, 6) is -0.108. The molecule has 1 aliphatic rings. The van der Waals surface area contributed by atoms with Crippen molar-refractivity contribution >= 4 is 17.7 Å².